The molecule has 1 saturated heterocycles. The number of nitrogens with one attached hydrogen (secondary N) is 1. The Morgan fingerprint density at radius 2 is 2.11 bits per heavy atom. The van der Waals surface area contributed by atoms with Crippen LogP contribution in [-0.2, 0) is 0 Å². The van der Waals surface area contributed by atoms with Crippen LogP contribution in [0.3, 0.4) is 0 Å². The fraction of sp³-hybridized carbons (Fsp3) is 0.571. The van der Waals surface area contributed by atoms with Crippen molar-refractivity contribution in [2.75, 3.05) is 26.2 Å². The monoisotopic (exact) mass is 330 g/mol. The van der Waals surface area contributed by atoms with Crippen molar-refractivity contribution in [1.29, 1.82) is 0 Å². The molecule has 2 N–H and O–H groups in total. The first-order valence-corrected chi connectivity index (χ1v) is 7.56. The van der Waals surface area contributed by atoms with E-state index in [1.807, 2.05) is 0 Å². The minimum atomic E-state index is -0.547. The van der Waals surface area contributed by atoms with Crippen LogP contribution >= 0.6 is 15.9 Å². The highest BCUT2D eigenvalue weighted by Crippen LogP contribution is 2.39. The van der Waals surface area contributed by atoms with Crippen LogP contribution in [0.4, 0.5) is 4.39 Å². The van der Waals surface area contributed by atoms with Gasteiger partial charge in [-0.1, -0.05) is 29.3 Å². The summed E-state index contributed by atoms with van der Waals surface area (Å²) in [4.78, 5) is 2.32. The molecule has 0 bridgehead atoms. The van der Waals surface area contributed by atoms with E-state index < -0.39 is 5.82 Å². The first kappa shape index (κ1) is 14.8. The van der Waals surface area contributed by atoms with E-state index in [0.29, 0.717) is 5.56 Å². The van der Waals surface area contributed by atoms with Crippen molar-refractivity contribution in [3.05, 3.63) is 28.0 Å². The summed E-state index contributed by atoms with van der Waals surface area (Å²) in [5.41, 5.74) is 0.684. The maximum atomic E-state index is 13.6. The van der Waals surface area contributed by atoms with E-state index in [2.05, 4.69) is 33.1 Å². The Hall–Kier alpha value is -0.650. The van der Waals surface area contributed by atoms with Crippen LogP contribution in [0.5, 0.6) is 5.75 Å². The van der Waals surface area contributed by atoms with Gasteiger partial charge in [0.15, 0.2) is 11.6 Å². The SMILES string of the molecule is CCC[C@@H](c1c(Br)ccc(F)c1O)N1CCNCC1. The highest BCUT2D eigenvalue weighted by molar-refractivity contribution is 9.10. The molecule has 1 aromatic rings. The number of phenolic OH excluding ortho intramolecular Hbond substituents is 1. The lowest BCUT2D eigenvalue weighted by Crippen LogP contribution is -2.45. The predicted molar refractivity (Wildman–Crippen MR) is 77.9 cm³/mol. The van der Waals surface area contributed by atoms with E-state index in [0.717, 1.165) is 43.5 Å². The number of piperazine rings is 1. The Morgan fingerprint density at radius 1 is 1.42 bits per heavy atom. The molecular formula is C14H20BrFN2O. The van der Waals surface area contributed by atoms with Crippen LogP contribution in [0.15, 0.2) is 16.6 Å². The molecule has 1 heterocycles. The van der Waals surface area contributed by atoms with Crippen molar-refractivity contribution in [3.63, 3.8) is 0 Å². The first-order chi connectivity index (χ1) is 9.15. The molecule has 0 aliphatic carbocycles. The van der Waals surface area contributed by atoms with E-state index in [9.17, 15) is 9.50 Å². The van der Waals surface area contributed by atoms with E-state index in [1.54, 1.807) is 6.07 Å². The van der Waals surface area contributed by atoms with Gasteiger partial charge in [0.05, 0.1) is 0 Å². The highest BCUT2D eigenvalue weighted by Gasteiger charge is 2.27. The van der Waals surface area contributed by atoms with Crippen molar-refractivity contribution < 1.29 is 9.50 Å². The van der Waals surface area contributed by atoms with Crippen LogP contribution in [0.1, 0.15) is 31.4 Å². The number of aromatic hydroxyl groups is 1. The fourth-order valence-electron chi connectivity index (χ4n) is 2.65. The van der Waals surface area contributed by atoms with E-state index in [-0.39, 0.29) is 11.8 Å². The topological polar surface area (TPSA) is 35.5 Å². The van der Waals surface area contributed by atoms with Gasteiger partial charge in [-0.05, 0) is 18.6 Å². The molecule has 0 radical (unpaired) electrons. The third-order valence-corrected chi connectivity index (χ3v) is 4.29. The van der Waals surface area contributed by atoms with Crippen molar-refractivity contribution in [2.24, 2.45) is 0 Å². The Morgan fingerprint density at radius 3 is 2.74 bits per heavy atom. The molecule has 1 aromatic carbocycles. The normalized spacial score (nSPS) is 18.5. The minimum Gasteiger partial charge on any atom is -0.505 e. The molecule has 0 unspecified atom stereocenters. The van der Waals surface area contributed by atoms with Crippen molar-refractivity contribution in [2.45, 2.75) is 25.8 Å². The van der Waals surface area contributed by atoms with Gasteiger partial charge in [0, 0.05) is 42.3 Å². The first-order valence-electron chi connectivity index (χ1n) is 6.76. The summed E-state index contributed by atoms with van der Waals surface area (Å²) in [6, 6.07) is 3.04. The van der Waals surface area contributed by atoms with Crippen LogP contribution in [0.25, 0.3) is 0 Å². The molecule has 1 aliphatic heterocycles. The third-order valence-electron chi connectivity index (χ3n) is 3.60. The summed E-state index contributed by atoms with van der Waals surface area (Å²) in [6.45, 7) is 5.83. The number of phenols is 1. The zero-order valence-electron chi connectivity index (χ0n) is 11.1. The summed E-state index contributed by atoms with van der Waals surface area (Å²) in [5.74, 6) is -0.763. The Kier molecular flexibility index (Phi) is 5.19. The number of hydrogen-bond acceptors (Lipinski definition) is 3. The molecule has 3 nitrogen and oxygen atoms in total. The third kappa shape index (κ3) is 3.27. The molecule has 1 aliphatic rings. The molecule has 0 spiro atoms. The highest BCUT2D eigenvalue weighted by atomic mass is 79.9. The standard InChI is InChI=1S/C14H20BrFN2O/c1-2-3-12(18-8-6-17-7-9-18)13-10(15)4-5-11(16)14(13)19/h4-5,12,17,19H,2-3,6-9H2,1H3/t12-/m0/s1. The maximum Gasteiger partial charge on any atom is 0.165 e. The van der Waals surface area contributed by atoms with Crippen LogP contribution in [0.2, 0.25) is 0 Å². The fourth-order valence-corrected chi connectivity index (χ4v) is 3.23. The van der Waals surface area contributed by atoms with Crippen LogP contribution < -0.4 is 5.32 Å². The molecule has 2 rings (SSSR count). The van der Waals surface area contributed by atoms with Gasteiger partial charge in [-0.15, -0.1) is 0 Å². The lowest BCUT2D eigenvalue weighted by molar-refractivity contribution is 0.161. The molecule has 0 aromatic heterocycles. The molecule has 19 heavy (non-hydrogen) atoms. The van der Waals surface area contributed by atoms with Gasteiger partial charge in [0.2, 0.25) is 0 Å². The smallest absolute Gasteiger partial charge is 0.165 e. The summed E-state index contributed by atoms with van der Waals surface area (Å²) in [6.07, 6.45) is 1.91. The average Bonchev–Trinajstić information content (AvgIpc) is 2.43. The van der Waals surface area contributed by atoms with Gasteiger partial charge in [0.1, 0.15) is 0 Å². The molecule has 0 amide bonds. The van der Waals surface area contributed by atoms with Gasteiger partial charge < -0.3 is 10.4 Å². The number of halogens is 2. The maximum absolute atomic E-state index is 13.6. The molecule has 0 saturated carbocycles. The second-order valence-electron chi connectivity index (χ2n) is 4.88. The van der Waals surface area contributed by atoms with Gasteiger partial charge >= 0.3 is 0 Å². The predicted octanol–water partition coefficient (Wildman–Crippen LogP) is 3.04. The quantitative estimate of drug-likeness (QED) is 0.890. The Bertz CT molecular complexity index is 436. The van der Waals surface area contributed by atoms with Crippen molar-refractivity contribution in [1.82, 2.24) is 10.2 Å². The summed E-state index contributed by atoms with van der Waals surface area (Å²) < 4.78 is 14.4. The lowest BCUT2D eigenvalue weighted by Gasteiger charge is -2.36. The van der Waals surface area contributed by atoms with Gasteiger partial charge in [-0.2, -0.15) is 0 Å². The van der Waals surface area contributed by atoms with E-state index >= 15 is 0 Å². The molecular weight excluding hydrogens is 311 g/mol. The van der Waals surface area contributed by atoms with Crippen LogP contribution in [-0.4, -0.2) is 36.2 Å². The number of hydrogen-bond donors (Lipinski definition) is 2. The van der Waals surface area contributed by atoms with Crippen LogP contribution in [0, 0.1) is 5.82 Å². The zero-order valence-corrected chi connectivity index (χ0v) is 12.7. The summed E-state index contributed by atoms with van der Waals surface area (Å²) >= 11 is 3.45. The van der Waals surface area contributed by atoms with Gasteiger partial charge in [-0.3, -0.25) is 4.90 Å². The second kappa shape index (κ2) is 6.68. The Labute approximate surface area is 121 Å². The number of rotatable bonds is 4. The molecule has 1 atom stereocenters. The van der Waals surface area contributed by atoms with Crippen molar-refractivity contribution in [3.8, 4) is 5.75 Å². The van der Waals surface area contributed by atoms with Gasteiger partial charge in [0.25, 0.3) is 0 Å². The van der Waals surface area contributed by atoms with Gasteiger partial charge in [-0.25, -0.2) is 4.39 Å². The van der Waals surface area contributed by atoms with Crippen molar-refractivity contribution >= 4 is 15.9 Å². The average molecular weight is 331 g/mol. The number of benzene rings is 1. The summed E-state index contributed by atoms with van der Waals surface area (Å²) in [7, 11) is 0. The Balaban J connectivity index is 2.35. The molecule has 106 valence electrons. The van der Waals surface area contributed by atoms with E-state index in [4.69, 9.17) is 0 Å². The summed E-state index contributed by atoms with van der Waals surface area (Å²) in [5, 5.41) is 13.4. The van der Waals surface area contributed by atoms with E-state index in [1.165, 1.54) is 6.07 Å². The largest absolute Gasteiger partial charge is 0.505 e. The molecule has 5 heteroatoms. The second-order valence-corrected chi connectivity index (χ2v) is 5.74. The molecule has 1 fully saturated rings. The zero-order chi connectivity index (χ0) is 13.8. The lowest BCUT2D eigenvalue weighted by atomic mass is 9.98. The number of nitrogens with zero attached hydrogens (tertiary/aromatic N) is 1. The minimum absolute atomic E-state index is 0.0668.